The third kappa shape index (κ3) is 5.75. The van der Waals surface area contributed by atoms with Gasteiger partial charge in [-0.25, -0.2) is 0 Å². The Hall–Kier alpha value is -3.13. The lowest BCUT2D eigenvalue weighted by molar-refractivity contribution is -0.384. The van der Waals surface area contributed by atoms with Crippen LogP contribution in [0, 0.1) is 22.0 Å². The zero-order valence-corrected chi connectivity index (χ0v) is 20.9. The maximum atomic E-state index is 13.6. The quantitative estimate of drug-likeness (QED) is 0.427. The van der Waals surface area contributed by atoms with E-state index in [2.05, 4.69) is 24.1 Å². The first kappa shape index (κ1) is 25.0. The van der Waals surface area contributed by atoms with Crippen LogP contribution in [0.3, 0.4) is 0 Å². The maximum absolute atomic E-state index is 13.6. The molecule has 0 spiro atoms. The summed E-state index contributed by atoms with van der Waals surface area (Å²) in [6.07, 6.45) is 4.10. The summed E-state index contributed by atoms with van der Waals surface area (Å²) in [7, 11) is 0. The highest BCUT2D eigenvalue weighted by molar-refractivity contribution is 6.32. The van der Waals surface area contributed by atoms with Gasteiger partial charge in [-0.05, 0) is 67.9 Å². The molecule has 1 N–H and O–H groups in total. The third-order valence-corrected chi connectivity index (χ3v) is 7.40. The number of hydrogen-bond donors (Lipinski definition) is 1. The van der Waals surface area contributed by atoms with Crippen LogP contribution in [0.1, 0.15) is 60.2 Å². The molecule has 2 heterocycles. The van der Waals surface area contributed by atoms with Gasteiger partial charge in [0.2, 0.25) is 0 Å². The lowest BCUT2D eigenvalue weighted by Crippen LogP contribution is -2.40. The molecule has 2 amide bonds. The lowest BCUT2D eigenvalue weighted by atomic mass is 9.96. The molecule has 35 heavy (non-hydrogen) atoms. The molecular weight excluding hydrogens is 468 g/mol. The van der Waals surface area contributed by atoms with Gasteiger partial charge in [-0.15, -0.1) is 0 Å². The number of carbonyl (C=O) groups is 2. The summed E-state index contributed by atoms with van der Waals surface area (Å²) in [4.78, 5) is 41.2. The predicted molar refractivity (Wildman–Crippen MR) is 137 cm³/mol. The molecule has 2 aliphatic heterocycles. The number of rotatable bonds is 5. The maximum Gasteiger partial charge on any atom is 0.288 e. The van der Waals surface area contributed by atoms with Gasteiger partial charge in [0.05, 0.1) is 10.5 Å². The number of likely N-dealkylation sites (tertiary alicyclic amines) is 1. The molecule has 2 aliphatic rings. The van der Waals surface area contributed by atoms with Crippen LogP contribution in [-0.4, -0.2) is 47.8 Å². The van der Waals surface area contributed by atoms with Gasteiger partial charge in [0.25, 0.3) is 17.5 Å². The molecule has 4 rings (SSSR count). The Labute approximate surface area is 210 Å². The van der Waals surface area contributed by atoms with Crippen molar-refractivity contribution >= 4 is 40.5 Å². The van der Waals surface area contributed by atoms with Crippen molar-refractivity contribution in [3.8, 4) is 0 Å². The summed E-state index contributed by atoms with van der Waals surface area (Å²) in [5, 5.41) is 14.0. The van der Waals surface area contributed by atoms with Crippen LogP contribution in [0.4, 0.5) is 17.1 Å². The van der Waals surface area contributed by atoms with E-state index >= 15 is 0 Å². The van der Waals surface area contributed by atoms with Gasteiger partial charge in [0.15, 0.2) is 0 Å². The monoisotopic (exact) mass is 498 g/mol. The Morgan fingerprint density at radius 3 is 2.23 bits per heavy atom. The largest absolute Gasteiger partial charge is 0.371 e. The van der Waals surface area contributed by atoms with Crippen molar-refractivity contribution in [2.75, 3.05) is 36.4 Å². The van der Waals surface area contributed by atoms with Crippen molar-refractivity contribution in [3.63, 3.8) is 0 Å². The molecule has 2 aromatic carbocycles. The fourth-order valence-corrected chi connectivity index (χ4v) is 4.88. The van der Waals surface area contributed by atoms with E-state index < -0.39 is 10.8 Å². The molecule has 0 aliphatic carbocycles. The van der Waals surface area contributed by atoms with Gasteiger partial charge in [-0.3, -0.25) is 19.7 Å². The van der Waals surface area contributed by atoms with E-state index in [0.717, 1.165) is 63.6 Å². The summed E-state index contributed by atoms with van der Waals surface area (Å²) in [5.74, 6) is 0.741. The smallest absolute Gasteiger partial charge is 0.288 e. The number of piperidine rings is 2. The predicted octanol–water partition coefficient (Wildman–Crippen LogP) is 5.61. The average Bonchev–Trinajstić information content (AvgIpc) is 2.84. The topological polar surface area (TPSA) is 95.8 Å². The molecule has 2 aromatic rings. The molecular formula is C26H31ClN4O4. The Kier molecular flexibility index (Phi) is 7.60. The molecule has 0 saturated carbocycles. The van der Waals surface area contributed by atoms with Gasteiger partial charge >= 0.3 is 0 Å². The first-order chi connectivity index (χ1) is 16.7. The van der Waals surface area contributed by atoms with E-state index in [9.17, 15) is 19.7 Å². The summed E-state index contributed by atoms with van der Waals surface area (Å²) in [6, 6.07) is 9.34. The number of nitrogens with zero attached hydrogens (tertiary/aromatic N) is 3. The normalized spacial score (nSPS) is 17.3. The third-order valence-electron chi connectivity index (χ3n) is 7.09. The zero-order valence-electron chi connectivity index (χ0n) is 20.1. The van der Waals surface area contributed by atoms with E-state index in [1.165, 1.54) is 12.1 Å². The minimum absolute atomic E-state index is 0.0243. The van der Waals surface area contributed by atoms with E-state index in [1.807, 2.05) is 11.0 Å². The average molecular weight is 499 g/mol. The highest BCUT2D eigenvalue weighted by Crippen LogP contribution is 2.31. The number of nitro groups is 1. The van der Waals surface area contributed by atoms with E-state index in [4.69, 9.17) is 11.6 Å². The summed E-state index contributed by atoms with van der Waals surface area (Å²) in [5.41, 5.74) is 1.72. The second-order valence-electron chi connectivity index (χ2n) is 9.75. The van der Waals surface area contributed by atoms with Gasteiger partial charge in [0, 0.05) is 49.2 Å². The second-order valence-corrected chi connectivity index (χ2v) is 10.2. The molecule has 2 saturated heterocycles. The van der Waals surface area contributed by atoms with E-state index in [-0.39, 0.29) is 22.2 Å². The van der Waals surface area contributed by atoms with Gasteiger partial charge < -0.3 is 15.1 Å². The number of nitrogens with one attached hydrogen (secondary N) is 1. The van der Waals surface area contributed by atoms with Gasteiger partial charge in [-0.1, -0.05) is 25.4 Å². The first-order valence-corrected chi connectivity index (χ1v) is 12.5. The van der Waals surface area contributed by atoms with Crippen molar-refractivity contribution in [2.45, 2.75) is 39.5 Å². The van der Waals surface area contributed by atoms with Gasteiger partial charge in [-0.2, -0.15) is 0 Å². The molecule has 0 bridgehead atoms. The minimum atomic E-state index is -0.621. The Balaban J connectivity index is 1.61. The summed E-state index contributed by atoms with van der Waals surface area (Å²) in [6.45, 7) is 7.68. The summed E-state index contributed by atoms with van der Waals surface area (Å²) < 4.78 is 0. The minimum Gasteiger partial charge on any atom is -0.371 e. The number of halogens is 1. The fraction of sp³-hybridized carbons (Fsp3) is 0.462. The van der Waals surface area contributed by atoms with Crippen molar-refractivity contribution in [1.82, 2.24) is 4.90 Å². The number of hydrogen-bond acceptors (Lipinski definition) is 5. The molecule has 9 heteroatoms. The van der Waals surface area contributed by atoms with Crippen LogP contribution in [-0.2, 0) is 0 Å². The highest BCUT2D eigenvalue weighted by atomic mass is 35.5. The van der Waals surface area contributed by atoms with E-state index in [0.29, 0.717) is 23.1 Å². The van der Waals surface area contributed by atoms with E-state index in [1.54, 1.807) is 12.1 Å². The SMILES string of the molecule is CC1CCN(C(=O)c2cc(NC(=O)c3ccc(Cl)c([N+](=O)[O-])c3)ccc2N2CCC(C)CC2)CC1. The lowest BCUT2D eigenvalue weighted by Gasteiger charge is -2.35. The van der Waals surface area contributed by atoms with Crippen molar-refractivity contribution in [2.24, 2.45) is 11.8 Å². The second kappa shape index (κ2) is 10.6. The number of carbonyl (C=O) groups excluding carboxylic acids is 2. The van der Waals surface area contributed by atoms with Crippen LogP contribution in [0.15, 0.2) is 36.4 Å². The van der Waals surface area contributed by atoms with Crippen LogP contribution < -0.4 is 10.2 Å². The molecule has 0 unspecified atom stereocenters. The Bertz CT molecular complexity index is 1120. The first-order valence-electron chi connectivity index (χ1n) is 12.2. The van der Waals surface area contributed by atoms with Crippen molar-refractivity contribution in [3.05, 3.63) is 62.7 Å². The summed E-state index contributed by atoms with van der Waals surface area (Å²) >= 11 is 5.87. The Morgan fingerprint density at radius 1 is 0.971 bits per heavy atom. The number of benzene rings is 2. The van der Waals surface area contributed by atoms with Crippen molar-refractivity contribution in [1.29, 1.82) is 0 Å². The Morgan fingerprint density at radius 2 is 1.60 bits per heavy atom. The zero-order chi connectivity index (χ0) is 25.1. The molecule has 2 fully saturated rings. The fourth-order valence-electron chi connectivity index (χ4n) is 4.69. The van der Waals surface area contributed by atoms with Crippen LogP contribution in [0.2, 0.25) is 5.02 Å². The van der Waals surface area contributed by atoms with Crippen LogP contribution in [0.25, 0.3) is 0 Å². The standard InChI is InChI=1S/C26H31ClN4O4/c1-17-7-11-29(12-8-17)23-6-4-20(16-21(23)26(33)30-13-9-18(2)10-14-30)28-25(32)19-3-5-22(27)24(15-19)31(34)35/h3-6,15-18H,7-14H2,1-2H3,(H,28,32). The van der Waals surface area contributed by atoms with Gasteiger partial charge in [0.1, 0.15) is 5.02 Å². The highest BCUT2D eigenvalue weighted by Gasteiger charge is 2.27. The molecule has 0 atom stereocenters. The van der Waals surface area contributed by atoms with Crippen LogP contribution >= 0.6 is 11.6 Å². The molecule has 8 nitrogen and oxygen atoms in total. The molecule has 0 aromatic heterocycles. The molecule has 0 radical (unpaired) electrons. The van der Waals surface area contributed by atoms with Crippen molar-refractivity contribution < 1.29 is 14.5 Å². The number of nitro benzene ring substituents is 1. The number of amides is 2. The number of anilines is 2. The molecule has 186 valence electrons. The van der Waals surface area contributed by atoms with Crippen LogP contribution in [0.5, 0.6) is 0 Å².